The summed E-state index contributed by atoms with van der Waals surface area (Å²) in [4.78, 5) is 24.5. The van der Waals surface area contributed by atoms with Crippen molar-refractivity contribution in [2.75, 3.05) is 21.3 Å². The Labute approximate surface area is 166 Å². The number of hydrogen-bond acceptors (Lipinski definition) is 7. The van der Waals surface area contributed by atoms with Crippen molar-refractivity contribution in [3.05, 3.63) is 57.4 Å². The average molecular weight is 394 g/mol. The van der Waals surface area contributed by atoms with E-state index in [1.807, 2.05) is 6.92 Å². The van der Waals surface area contributed by atoms with E-state index in [9.17, 15) is 9.59 Å². The minimum atomic E-state index is -0.537. The predicted octanol–water partition coefficient (Wildman–Crippen LogP) is 3.59. The van der Waals surface area contributed by atoms with E-state index in [1.54, 1.807) is 30.3 Å². The molecule has 7 heteroatoms. The van der Waals surface area contributed by atoms with E-state index in [2.05, 4.69) is 0 Å². The molecule has 0 atom stereocenters. The van der Waals surface area contributed by atoms with Crippen LogP contribution in [0.4, 0.5) is 0 Å². The SMILES string of the molecule is COc1cc(/C=C2\C(=O)Oc3ccc4c(C)cc(=O)oc4c32)cc(OC)c1OC. The molecule has 0 spiro atoms. The summed E-state index contributed by atoms with van der Waals surface area (Å²) in [6.45, 7) is 1.81. The van der Waals surface area contributed by atoms with Crippen molar-refractivity contribution in [1.29, 1.82) is 0 Å². The van der Waals surface area contributed by atoms with Crippen molar-refractivity contribution in [3.8, 4) is 23.0 Å². The highest BCUT2D eigenvalue weighted by molar-refractivity contribution is 6.28. The number of carbonyl (C=O) groups excluding carboxylic acids is 1. The second kappa shape index (κ2) is 7.01. The second-order valence-corrected chi connectivity index (χ2v) is 6.47. The molecule has 0 saturated heterocycles. The Balaban J connectivity index is 1.97. The van der Waals surface area contributed by atoms with Gasteiger partial charge >= 0.3 is 11.6 Å². The third-order valence-electron chi connectivity index (χ3n) is 4.77. The molecule has 1 aliphatic rings. The van der Waals surface area contributed by atoms with E-state index in [4.69, 9.17) is 23.4 Å². The first-order valence-electron chi connectivity index (χ1n) is 8.78. The highest BCUT2D eigenvalue weighted by Crippen LogP contribution is 2.43. The lowest BCUT2D eigenvalue weighted by molar-refractivity contribution is -0.126. The topological polar surface area (TPSA) is 84.2 Å². The Morgan fingerprint density at radius 3 is 2.24 bits per heavy atom. The van der Waals surface area contributed by atoms with E-state index >= 15 is 0 Å². The lowest BCUT2D eigenvalue weighted by Gasteiger charge is -2.13. The van der Waals surface area contributed by atoms with Crippen molar-refractivity contribution < 1.29 is 28.2 Å². The smallest absolute Gasteiger partial charge is 0.344 e. The van der Waals surface area contributed by atoms with Gasteiger partial charge in [-0.3, -0.25) is 0 Å². The molecule has 0 unspecified atom stereocenters. The summed E-state index contributed by atoms with van der Waals surface area (Å²) in [7, 11) is 4.54. The number of rotatable bonds is 4. The molecule has 4 rings (SSSR count). The maximum absolute atomic E-state index is 12.6. The molecular formula is C22H18O7. The van der Waals surface area contributed by atoms with Crippen LogP contribution in [-0.2, 0) is 4.79 Å². The molecule has 2 heterocycles. The van der Waals surface area contributed by atoms with Gasteiger partial charge in [-0.05, 0) is 48.4 Å². The van der Waals surface area contributed by atoms with Gasteiger partial charge in [0.05, 0.1) is 32.5 Å². The summed E-state index contributed by atoms with van der Waals surface area (Å²) in [5.74, 6) is 1.15. The number of hydrogen-bond donors (Lipinski definition) is 0. The molecule has 0 radical (unpaired) electrons. The predicted molar refractivity (Wildman–Crippen MR) is 107 cm³/mol. The molecule has 0 amide bonds. The molecule has 0 aliphatic carbocycles. The Morgan fingerprint density at radius 2 is 1.62 bits per heavy atom. The minimum Gasteiger partial charge on any atom is -0.493 e. The number of esters is 1. The molecule has 29 heavy (non-hydrogen) atoms. The molecule has 3 aromatic rings. The number of methoxy groups -OCH3 is 3. The highest BCUT2D eigenvalue weighted by atomic mass is 16.5. The monoisotopic (exact) mass is 394 g/mol. The summed E-state index contributed by atoms with van der Waals surface area (Å²) in [6, 6.07) is 8.30. The lowest BCUT2D eigenvalue weighted by atomic mass is 9.99. The zero-order chi connectivity index (χ0) is 20.7. The zero-order valence-electron chi connectivity index (χ0n) is 16.3. The van der Waals surface area contributed by atoms with Gasteiger partial charge in [0, 0.05) is 11.5 Å². The van der Waals surface area contributed by atoms with Crippen molar-refractivity contribution in [2.45, 2.75) is 6.92 Å². The number of benzene rings is 2. The third-order valence-corrected chi connectivity index (χ3v) is 4.77. The standard InChI is InChI=1S/C22H18O7/c1-11-7-18(23)29-20-13(11)5-6-15-19(20)14(22(24)28-15)8-12-9-16(25-2)21(27-4)17(10-12)26-3/h5-10H,1-4H3/b14-8-. The van der Waals surface area contributed by atoms with Gasteiger partial charge in [0.2, 0.25) is 5.75 Å². The molecule has 0 N–H and O–H groups in total. The fourth-order valence-electron chi connectivity index (χ4n) is 3.45. The van der Waals surface area contributed by atoms with Crippen LogP contribution in [0.1, 0.15) is 16.7 Å². The fraction of sp³-hybridized carbons (Fsp3) is 0.182. The van der Waals surface area contributed by atoms with Crippen LogP contribution >= 0.6 is 0 Å². The van der Waals surface area contributed by atoms with Crippen molar-refractivity contribution in [2.24, 2.45) is 0 Å². The first kappa shape index (κ1) is 18.6. The quantitative estimate of drug-likeness (QED) is 0.289. The third kappa shape index (κ3) is 3.00. The maximum atomic E-state index is 12.6. The average Bonchev–Trinajstić information content (AvgIpc) is 3.02. The molecule has 0 fully saturated rings. The second-order valence-electron chi connectivity index (χ2n) is 6.47. The van der Waals surface area contributed by atoms with Gasteiger partial charge in [0.25, 0.3) is 0 Å². The summed E-state index contributed by atoms with van der Waals surface area (Å²) in [5, 5.41) is 0.734. The lowest BCUT2D eigenvalue weighted by Crippen LogP contribution is -2.01. The van der Waals surface area contributed by atoms with Crippen LogP contribution < -0.4 is 24.6 Å². The van der Waals surface area contributed by atoms with Crippen LogP contribution in [0.25, 0.3) is 22.6 Å². The number of aryl methyl sites for hydroxylation is 1. The molecular weight excluding hydrogens is 376 g/mol. The molecule has 2 aromatic carbocycles. The summed E-state index contributed by atoms with van der Waals surface area (Å²) in [6.07, 6.45) is 1.64. The van der Waals surface area contributed by atoms with Gasteiger partial charge in [-0.2, -0.15) is 0 Å². The molecule has 0 saturated carbocycles. The van der Waals surface area contributed by atoms with Gasteiger partial charge in [0.15, 0.2) is 17.1 Å². The minimum absolute atomic E-state index is 0.272. The van der Waals surface area contributed by atoms with Crippen LogP contribution in [0.5, 0.6) is 23.0 Å². The van der Waals surface area contributed by atoms with Crippen LogP contribution in [0.15, 0.2) is 39.5 Å². The number of fused-ring (bicyclic) bond motifs is 3. The Kier molecular flexibility index (Phi) is 4.50. The van der Waals surface area contributed by atoms with Crippen LogP contribution in [-0.4, -0.2) is 27.3 Å². The number of carbonyl (C=O) groups is 1. The summed E-state index contributed by atoms with van der Waals surface area (Å²) in [5.41, 5.74) is 1.93. The van der Waals surface area contributed by atoms with Crippen LogP contribution in [0, 0.1) is 6.92 Å². The molecule has 0 bridgehead atoms. The van der Waals surface area contributed by atoms with Crippen molar-refractivity contribution in [1.82, 2.24) is 0 Å². The van der Waals surface area contributed by atoms with Crippen LogP contribution in [0.3, 0.4) is 0 Å². The number of ether oxygens (including phenoxy) is 4. The molecule has 7 nitrogen and oxygen atoms in total. The van der Waals surface area contributed by atoms with Crippen molar-refractivity contribution in [3.63, 3.8) is 0 Å². The molecule has 148 valence electrons. The van der Waals surface area contributed by atoms with Gasteiger partial charge in [0.1, 0.15) is 5.75 Å². The van der Waals surface area contributed by atoms with E-state index in [-0.39, 0.29) is 5.57 Å². The van der Waals surface area contributed by atoms with Gasteiger partial charge < -0.3 is 23.4 Å². The summed E-state index contributed by atoms with van der Waals surface area (Å²) >= 11 is 0. The Bertz CT molecular complexity index is 1210. The van der Waals surface area contributed by atoms with Gasteiger partial charge in [-0.15, -0.1) is 0 Å². The Morgan fingerprint density at radius 1 is 0.931 bits per heavy atom. The Hall–Kier alpha value is -3.74. The largest absolute Gasteiger partial charge is 0.493 e. The maximum Gasteiger partial charge on any atom is 0.344 e. The zero-order valence-corrected chi connectivity index (χ0v) is 16.3. The summed E-state index contributed by atoms with van der Waals surface area (Å²) < 4.78 is 26.9. The van der Waals surface area contributed by atoms with E-state index in [0.29, 0.717) is 39.7 Å². The van der Waals surface area contributed by atoms with E-state index in [1.165, 1.54) is 27.4 Å². The normalized spacial score (nSPS) is 14.1. The van der Waals surface area contributed by atoms with Crippen molar-refractivity contribution >= 4 is 28.6 Å². The van der Waals surface area contributed by atoms with Gasteiger partial charge in [-0.1, -0.05) is 0 Å². The van der Waals surface area contributed by atoms with E-state index in [0.717, 1.165) is 10.9 Å². The first-order chi connectivity index (χ1) is 14.0. The highest BCUT2D eigenvalue weighted by Gasteiger charge is 2.31. The van der Waals surface area contributed by atoms with E-state index < -0.39 is 11.6 Å². The molecule has 1 aromatic heterocycles. The fourth-order valence-corrected chi connectivity index (χ4v) is 3.45. The first-order valence-corrected chi connectivity index (χ1v) is 8.78. The van der Waals surface area contributed by atoms with Gasteiger partial charge in [-0.25, -0.2) is 9.59 Å². The molecule has 1 aliphatic heterocycles. The van der Waals surface area contributed by atoms with Crippen LogP contribution in [0.2, 0.25) is 0 Å².